The number of alkyl halides is 2. The minimum absolute atomic E-state index is 0.000556. The van der Waals surface area contributed by atoms with Gasteiger partial charge in [0.25, 0.3) is 0 Å². The van der Waals surface area contributed by atoms with Crippen LogP contribution in [0.4, 0.5) is 8.78 Å². The molecule has 0 spiro atoms. The fourth-order valence-corrected chi connectivity index (χ4v) is 1.60. The Hall–Kier alpha value is -1.12. The van der Waals surface area contributed by atoms with Gasteiger partial charge in [0.1, 0.15) is 5.75 Å². The molecule has 0 heterocycles. The highest BCUT2D eigenvalue weighted by Gasteiger charge is 2.44. The predicted octanol–water partition coefficient (Wildman–Crippen LogP) is 2.76. The zero-order valence-corrected chi connectivity index (χ0v) is 6.95. The highest BCUT2D eigenvalue weighted by atomic mass is 19.3. The van der Waals surface area contributed by atoms with Gasteiger partial charge in [0.2, 0.25) is 6.43 Å². The van der Waals surface area contributed by atoms with Crippen LogP contribution in [0.1, 0.15) is 17.9 Å². The number of halogens is 2. The van der Waals surface area contributed by atoms with E-state index in [1.54, 1.807) is 12.1 Å². The molecule has 1 aliphatic rings. The van der Waals surface area contributed by atoms with Crippen molar-refractivity contribution in [2.45, 2.75) is 18.8 Å². The van der Waals surface area contributed by atoms with E-state index in [2.05, 4.69) is 0 Å². The summed E-state index contributed by atoms with van der Waals surface area (Å²) >= 11 is 0. The van der Waals surface area contributed by atoms with E-state index in [4.69, 9.17) is 5.11 Å². The minimum atomic E-state index is -2.21. The average Bonchev–Trinajstić information content (AvgIpc) is 2.85. The molecule has 1 fully saturated rings. The summed E-state index contributed by atoms with van der Waals surface area (Å²) in [5, 5.41) is 8.99. The van der Waals surface area contributed by atoms with E-state index >= 15 is 0 Å². The predicted molar refractivity (Wildman–Crippen MR) is 45.0 cm³/mol. The van der Waals surface area contributed by atoms with Crippen molar-refractivity contribution >= 4 is 0 Å². The molecule has 0 bridgehead atoms. The Labute approximate surface area is 75.0 Å². The SMILES string of the molecule is Oc1ccc(C2CC2C(F)F)cc1. The molecule has 13 heavy (non-hydrogen) atoms. The maximum Gasteiger partial charge on any atom is 0.242 e. The zero-order valence-electron chi connectivity index (χ0n) is 6.95. The second-order valence-corrected chi connectivity index (χ2v) is 3.43. The van der Waals surface area contributed by atoms with Crippen molar-refractivity contribution in [1.29, 1.82) is 0 Å². The first-order valence-electron chi connectivity index (χ1n) is 4.25. The van der Waals surface area contributed by atoms with Crippen molar-refractivity contribution in [3.63, 3.8) is 0 Å². The lowest BCUT2D eigenvalue weighted by atomic mass is 10.1. The van der Waals surface area contributed by atoms with Crippen LogP contribution < -0.4 is 0 Å². The summed E-state index contributed by atoms with van der Waals surface area (Å²) in [4.78, 5) is 0. The van der Waals surface area contributed by atoms with Gasteiger partial charge in [-0.2, -0.15) is 0 Å². The van der Waals surface area contributed by atoms with Gasteiger partial charge < -0.3 is 5.11 Å². The topological polar surface area (TPSA) is 20.2 Å². The summed E-state index contributed by atoms with van der Waals surface area (Å²) in [5.74, 6) is -0.289. The van der Waals surface area contributed by atoms with Gasteiger partial charge in [0.05, 0.1) is 0 Å². The maximum atomic E-state index is 12.2. The van der Waals surface area contributed by atoms with Crippen LogP contribution in [0.15, 0.2) is 24.3 Å². The first-order chi connectivity index (χ1) is 6.18. The summed E-state index contributed by atoms with van der Waals surface area (Å²) in [5.41, 5.74) is 0.906. The Morgan fingerprint density at radius 3 is 2.31 bits per heavy atom. The van der Waals surface area contributed by atoms with E-state index in [-0.39, 0.29) is 11.7 Å². The van der Waals surface area contributed by atoms with Gasteiger partial charge in [-0.15, -0.1) is 0 Å². The average molecular weight is 184 g/mol. The smallest absolute Gasteiger partial charge is 0.242 e. The lowest BCUT2D eigenvalue weighted by Gasteiger charge is -1.99. The second-order valence-electron chi connectivity index (χ2n) is 3.43. The Morgan fingerprint density at radius 2 is 1.85 bits per heavy atom. The molecule has 1 nitrogen and oxygen atoms in total. The van der Waals surface area contributed by atoms with E-state index < -0.39 is 12.3 Å². The molecule has 2 unspecified atom stereocenters. The molecule has 2 atom stereocenters. The van der Waals surface area contributed by atoms with Crippen molar-refractivity contribution in [2.75, 3.05) is 0 Å². The Bertz CT molecular complexity index is 294. The van der Waals surface area contributed by atoms with Crippen molar-refractivity contribution in [1.82, 2.24) is 0 Å². The first kappa shape index (κ1) is 8.48. The van der Waals surface area contributed by atoms with Crippen molar-refractivity contribution < 1.29 is 13.9 Å². The third-order valence-corrected chi connectivity index (χ3v) is 2.48. The molecule has 3 heteroatoms. The number of hydrogen-bond acceptors (Lipinski definition) is 1. The number of phenolic OH excluding ortho intramolecular Hbond substituents is 1. The molecular weight excluding hydrogens is 174 g/mol. The van der Waals surface area contributed by atoms with Gasteiger partial charge in [0, 0.05) is 5.92 Å². The molecule has 0 aromatic heterocycles. The highest BCUT2D eigenvalue weighted by Crippen LogP contribution is 2.50. The quantitative estimate of drug-likeness (QED) is 0.749. The number of phenols is 1. The van der Waals surface area contributed by atoms with Crippen LogP contribution >= 0.6 is 0 Å². The van der Waals surface area contributed by atoms with E-state index in [0.717, 1.165) is 5.56 Å². The third kappa shape index (κ3) is 1.64. The summed E-state index contributed by atoms with van der Waals surface area (Å²) in [6, 6.07) is 6.50. The standard InChI is InChI=1S/C10H10F2O/c11-10(12)9-5-8(9)6-1-3-7(13)4-2-6/h1-4,8-10,13H,5H2. The number of rotatable bonds is 2. The van der Waals surface area contributed by atoms with Gasteiger partial charge in [-0.05, 0) is 30.0 Å². The molecule has 1 aromatic rings. The zero-order chi connectivity index (χ0) is 9.42. The van der Waals surface area contributed by atoms with Crippen LogP contribution in [0.5, 0.6) is 5.75 Å². The molecular formula is C10H10F2O. The van der Waals surface area contributed by atoms with Crippen LogP contribution in [-0.2, 0) is 0 Å². The van der Waals surface area contributed by atoms with Crippen LogP contribution in [0.3, 0.4) is 0 Å². The van der Waals surface area contributed by atoms with Crippen molar-refractivity contribution in [3.8, 4) is 5.75 Å². The summed E-state index contributed by atoms with van der Waals surface area (Å²) in [6.45, 7) is 0. The number of hydrogen-bond donors (Lipinski definition) is 1. The first-order valence-corrected chi connectivity index (χ1v) is 4.25. The van der Waals surface area contributed by atoms with Gasteiger partial charge in [-0.3, -0.25) is 0 Å². The van der Waals surface area contributed by atoms with Crippen molar-refractivity contribution in [3.05, 3.63) is 29.8 Å². The molecule has 70 valence electrons. The van der Waals surface area contributed by atoms with Crippen LogP contribution in [0.2, 0.25) is 0 Å². The second kappa shape index (κ2) is 2.98. The van der Waals surface area contributed by atoms with Crippen molar-refractivity contribution in [2.24, 2.45) is 5.92 Å². The van der Waals surface area contributed by atoms with Crippen LogP contribution in [-0.4, -0.2) is 11.5 Å². The van der Waals surface area contributed by atoms with E-state index in [1.807, 2.05) is 0 Å². The number of benzene rings is 1. The van der Waals surface area contributed by atoms with Crippen LogP contribution in [0.25, 0.3) is 0 Å². The fraction of sp³-hybridized carbons (Fsp3) is 0.400. The Morgan fingerprint density at radius 1 is 1.23 bits per heavy atom. The fourth-order valence-electron chi connectivity index (χ4n) is 1.60. The Kier molecular flexibility index (Phi) is 1.94. The van der Waals surface area contributed by atoms with E-state index in [1.165, 1.54) is 12.1 Å². The highest BCUT2D eigenvalue weighted by molar-refractivity contribution is 5.31. The Balaban J connectivity index is 2.08. The molecule has 1 N–H and O–H groups in total. The summed E-state index contributed by atoms with van der Waals surface area (Å²) < 4.78 is 24.4. The summed E-state index contributed by atoms with van der Waals surface area (Å²) in [6.07, 6.45) is -1.64. The van der Waals surface area contributed by atoms with Gasteiger partial charge in [-0.25, -0.2) is 8.78 Å². The van der Waals surface area contributed by atoms with Gasteiger partial charge in [0.15, 0.2) is 0 Å². The van der Waals surface area contributed by atoms with Gasteiger partial charge >= 0.3 is 0 Å². The molecule has 0 amide bonds. The lowest BCUT2D eigenvalue weighted by molar-refractivity contribution is 0.120. The molecule has 0 radical (unpaired) electrons. The maximum absolute atomic E-state index is 12.2. The molecule has 1 saturated carbocycles. The summed E-state index contributed by atoms with van der Waals surface area (Å²) in [7, 11) is 0. The third-order valence-electron chi connectivity index (χ3n) is 2.48. The molecule has 0 aliphatic heterocycles. The molecule has 1 aromatic carbocycles. The van der Waals surface area contributed by atoms with E-state index in [0.29, 0.717) is 6.42 Å². The largest absolute Gasteiger partial charge is 0.508 e. The minimum Gasteiger partial charge on any atom is -0.508 e. The molecule has 1 aliphatic carbocycles. The normalized spacial score (nSPS) is 26.4. The van der Waals surface area contributed by atoms with Gasteiger partial charge in [-0.1, -0.05) is 12.1 Å². The number of aromatic hydroxyl groups is 1. The van der Waals surface area contributed by atoms with E-state index in [9.17, 15) is 8.78 Å². The molecule has 0 saturated heterocycles. The van der Waals surface area contributed by atoms with Crippen LogP contribution in [0, 0.1) is 5.92 Å². The monoisotopic (exact) mass is 184 g/mol. The molecule has 2 rings (SSSR count). The lowest BCUT2D eigenvalue weighted by Crippen LogP contribution is -1.94.